The minimum atomic E-state index is -0.925. The predicted octanol–water partition coefficient (Wildman–Crippen LogP) is 4.33. The molecule has 0 fully saturated rings. The summed E-state index contributed by atoms with van der Waals surface area (Å²) in [6.07, 6.45) is 1.28. The number of aromatic nitrogens is 2. The number of halogens is 3. The van der Waals surface area contributed by atoms with Gasteiger partial charge in [0, 0.05) is 0 Å². The number of methoxy groups -OCH3 is 3. The molecule has 0 radical (unpaired) electrons. The molecule has 1 aromatic heterocycles. The molecule has 0 unspecified atom stereocenters. The van der Waals surface area contributed by atoms with E-state index in [0.29, 0.717) is 28.2 Å². The van der Waals surface area contributed by atoms with Gasteiger partial charge in [0.2, 0.25) is 5.75 Å². The van der Waals surface area contributed by atoms with Crippen molar-refractivity contribution in [2.75, 3.05) is 26.6 Å². The lowest BCUT2D eigenvalue weighted by Crippen LogP contribution is -2.02. The summed E-state index contributed by atoms with van der Waals surface area (Å²) in [6, 6.07) is 3.91. The van der Waals surface area contributed by atoms with Crippen LogP contribution in [0, 0.1) is 11.6 Å². The van der Waals surface area contributed by atoms with E-state index in [1.165, 1.54) is 33.7 Å². The van der Waals surface area contributed by atoms with Gasteiger partial charge in [0.25, 0.3) is 0 Å². The van der Waals surface area contributed by atoms with Gasteiger partial charge < -0.3 is 19.5 Å². The molecule has 0 bridgehead atoms. The largest absolute Gasteiger partial charge is 0.493 e. The summed E-state index contributed by atoms with van der Waals surface area (Å²) in [5.74, 6) is -0.433. The van der Waals surface area contributed by atoms with Crippen LogP contribution in [0.15, 0.2) is 24.5 Å². The van der Waals surface area contributed by atoms with Crippen LogP contribution in [0.1, 0.15) is 0 Å². The molecule has 0 saturated carbocycles. The number of fused-ring (bicyclic) bond motifs is 1. The Bertz CT molecular complexity index is 985. The van der Waals surface area contributed by atoms with Gasteiger partial charge in [-0.3, -0.25) is 0 Å². The molecule has 136 valence electrons. The van der Waals surface area contributed by atoms with Crippen LogP contribution < -0.4 is 19.5 Å². The van der Waals surface area contributed by atoms with Crippen molar-refractivity contribution in [1.29, 1.82) is 0 Å². The third-order valence-electron chi connectivity index (χ3n) is 3.72. The Morgan fingerprint density at radius 2 is 1.73 bits per heavy atom. The zero-order valence-corrected chi connectivity index (χ0v) is 14.8. The molecule has 0 aliphatic heterocycles. The Hall–Kier alpha value is -2.87. The minimum absolute atomic E-state index is 0.0369. The Morgan fingerprint density at radius 1 is 1.00 bits per heavy atom. The molecule has 6 nitrogen and oxygen atoms in total. The van der Waals surface area contributed by atoms with Crippen LogP contribution in [-0.4, -0.2) is 31.3 Å². The van der Waals surface area contributed by atoms with E-state index in [-0.39, 0.29) is 11.5 Å². The fourth-order valence-corrected chi connectivity index (χ4v) is 2.68. The zero-order chi connectivity index (χ0) is 18.8. The van der Waals surface area contributed by atoms with E-state index in [0.717, 1.165) is 6.07 Å². The minimum Gasteiger partial charge on any atom is -0.493 e. The molecule has 0 amide bonds. The highest BCUT2D eigenvalue weighted by Gasteiger charge is 2.20. The van der Waals surface area contributed by atoms with Gasteiger partial charge in [0.1, 0.15) is 28.5 Å². The van der Waals surface area contributed by atoms with Crippen LogP contribution in [0.5, 0.6) is 17.2 Å². The van der Waals surface area contributed by atoms with Gasteiger partial charge in [0.05, 0.1) is 32.4 Å². The maximum absolute atomic E-state index is 14.2. The molecule has 26 heavy (non-hydrogen) atoms. The summed E-state index contributed by atoms with van der Waals surface area (Å²) in [7, 11) is 4.41. The molecule has 2 aromatic carbocycles. The Kier molecular flexibility index (Phi) is 4.94. The highest BCUT2D eigenvalue weighted by atomic mass is 35.5. The number of hydrogen-bond acceptors (Lipinski definition) is 6. The molecule has 3 rings (SSSR count). The molecule has 0 spiro atoms. The lowest BCUT2D eigenvalue weighted by atomic mass is 10.1. The molecule has 0 saturated heterocycles. The SMILES string of the molecule is COc1cc2c(Nc3ccc(F)c(Cl)c3F)ncnc2c(OC)c1OC. The summed E-state index contributed by atoms with van der Waals surface area (Å²) in [4.78, 5) is 8.32. The standard InChI is InChI=1S/C17H14ClF2N3O3/c1-24-11-6-8-14(16(26-3)15(11)25-2)21-7-22-17(8)23-10-5-4-9(19)12(18)13(10)20/h4-7H,1-3H3,(H,21,22,23). The number of rotatable bonds is 5. The van der Waals surface area contributed by atoms with Crippen molar-refractivity contribution >= 4 is 34.0 Å². The molecule has 3 aromatic rings. The molecule has 0 atom stereocenters. The quantitative estimate of drug-likeness (QED) is 0.663. The molecule has 1 heterocycles. The molecular formula is C17H14ClF2N3O3. The Balaban J connectivity index is 2.20. The number of ether oxygens (including phenoxy) is 3. The van der Waals surface area contributed by atoms with Gasteiger partial charge in [-0.2, -0.15) is 0 Å². The number of nitrogens with one attached hydrogen (secondary N) is 1. The van der Waals surface area contributed by atoms with Gasteiger partial charge in [-0.1, -0.05) is 11.6 Å². The van der Waals surface area contributed by atoms with E-state index >= 15 is 0 Å². The van der Waals surface area contributed by atoms with Gasteiger partial charge in [-0.25, -0.2) is 18.7 Å². The normalized spacial score (nSPS) is 10.7. The van der Waals surface area contributed by atoms with Crippen molar-refractivity contribution in [3.05, 3.63) is 41.2 Å². The zero-order valence-electron chi connectivity index (χ0n) is 14.1. The second-order valence-corrected chi connectivity index (χ2v) is 5.49. The van der Waals surface area contributed by atoms with Gasteiger partial charge in [-0.05, 0) is 18.2 Å². The average molecular weight is 382 g/mol. The van der Waals surface area contributed by atoms with Crippen LogP contribution in [-0.2, 0) is 0 Å². The van der Waals surface area contributed by atoms with Crippen molar-refractivity contribution in [3.63, 3.8) is 0 Å². The number of nitrogens with zero attached hydrogens (tertiary/aromatic N) is 2. The van der Waals surface area contributed by atoms with Crippen LogP contribution in [0.3, 0.4) is 0 Å². The second kappa shape index (κ2) is 7.17. The van der Waals surface area contributed by atoms with Gasteiger partial charge in [-0.15, -0.1) is 0 Å². The van der Waals surface area contributed by atoms with E-state index in [1.807, 2.05) is 0 Å². The summed E-state index contributed by atoms with van der Waals surface area (Å²) >= 11 is 5.62. The first-order valence-electron chi connectivity index (χ1n) is 7.36. The first-order chi connectivity index (χ1) is 12.5. The van der Waals surface area contributed by atoms with E-state index in [1.54, 1.807) is 6.07 Å². The number of hydrogen-bond donors (Lipinski definition) is 1. The van der Waals surface area contributed by atoms with E-state index in [2.05, 4.69) is 15.3 Å². The van der Waals surface area contributed by atoms with E-state index in [4.69, 9.17) is 25.8 Å². The fourth-order valence-electron chi connectivity index (χ4n) is 2.51. The molecule has 0 aliphatic carbocycles. The summed E-state index contributed by atoms with van der Waals surface area (Å²) < 4.78 is 43.6. The number of anilines is 2. The topological polar surface area (TPSA) is 65.5 Å². The van der Waals surface area contributed by atoms with Crippen LogP contribution >= 0.6 is 11.6 Å². The van der Waals surface area contributed by atoms with Crippen LogP contribution in [0.4, 0.5) is 20.3 Å². The average Bonchev–Trinajstić information content (AvgIpc) is 2.66. The lowest BCUT2D eigenvalue weighted by molar-refractivity contribution is 0.327. The van der Waals surface area contributed by atoms with Crippen LogP contribution in [0.2, 0.25) is 5.02 Å². The summed E-state index contributed by atoms with van der Waals surface area (Å²) in [6.45, 7) is 0. The molecular weight excluding hydrogens is 368 g/mol. The summed E-state index contributed by atoms with van der Waals surface area (Å²) in [5.41, 5.74) is 0.390. The molecule has 0 aliphatic rings. The third-order valence-corrected chi connectivity index (χ3v) is 4.07. The number of benzene rings is 2. The Labute approximate surface area is 152 Å². The van der Waals surface area contributed by atoms with Crippen molar-refractivity contribution in [3.8, 4) is 17.2 Å². The van der Waals surface area contributed by atoms with Crippen molar-refractivity contribution in [2.24, 2.45) is 0 Å². The Morgan fingerprint density at radius 3 is 2.38 bits per heavy atom. The third kappa shape index (κ3) is 2.92. The second-order valence-electron chi connectivity index (χ2n) is 5.11. The monoisotopic (exact) mass is 381 g/mol. The first-order valence-corrected chi connectivity index (χ1v) is 7.73. The maximum atomic E-state index is 14.2. The maximum Gasteiger partial charge on any atom is 0.205 e. The highest BCUT2D eigenvalue weighted by molar-refractivity contribution is 6.31. The van der Waals surface area contributed by atoms with Crippen molar-refractivity contribution in [1.82, 2.24) is 9.97 Å². The van der Waals surface area contributed by atoms with Crippen molar-refractivity contribution < 1.29 is 23.0 Å². The fraction of sp³-hybridized carbons (Fsp3) is 0.176. The van der Waals surface area contributed by atoms with Gasteiger partial charge in [0.15, 0.2) is 17.3 Å². The molecule has 9 heteroatoms. The van der Waals surface area contributed by atoms with Gasteiger partial charge >= 0.3 is 0 Å². The van der Waals surface area contributed by atoms with E-state index in [9.17, 15) is 8.78 Å². The predicted molar refractivity (Wildman–Crippen MR) is 93.8 cm³/mol. The summed E-state index contributed by atoms with van der Waals surface area (Å²) in [5, 5.41) is 2.68. The first kappa shape index (κ1) is 17.9. The highest BCUT2D eigenvalue weighted by Crippen LogP contribution is 2.44. The lowest BCUT2D eigenvalue weighted by Gasteiger charge is -2.16. The van der Waals surface area contributed by atoms with Crippen molar-refractivity contribution in [2.45, 2.75) is 0 Å². The smallest absolute Gasteiger partial charge is 0.205 e. The van der Waals surface area contributed by atoms with Crippen LogP contribution in [0.25, 0.3) is 10.9 Å². The van der Waals surface area contributed by atoms with E-state index < -0.39 is 16.7 Å². The molecule has 1 N–H and O–H groups in total.